The van der Waals surface area contributed by atoms with Crippen molar-refractivity contribution >= 4 is 0 Å². The third-order valence-electron chi connectivity index (χ3n) is 3.02. The van der Waals surface area contributed by atoms with Crippen LogP contribution in [0, 0.1) is 5.41 Å². The van der Waals surface area contributed by atoms with Crippen LogP contribution in [0.5, 0.6) is 0 Å². The van der Waals surface area contributed by atoms with E-state index in [4.69, 9.17) is 0 Å². The largest absolute Gasteiger partial charge is 0.390 e. The first kappa shape index (κ1) is 17.2. The Morgan fingerprint density at radius 3 is 2.00 bits per heavy atom. The van der Waals surface area contributed by atoms with Crippen LogP contribution in [-0.4, -0.2) is 19.3 Å². The Labute approximate surface area is 108 Å². The van der Waals surface area contributed by atoms with E-state index in [1.54, 1.807) is 0 Å². The van der Waals surface area contributed by atoms with E-state index in [0.29, 0.717) is 6.54 Å². The van der Waals surface area contributed by atoms with Crippen molar-refractivity contribution in [1.29, 1.82) is 0 Å². The van der Waals surface area contributed by atoms with Gasteiger partial charge < -0.3 is 5.32 Å². The first-order valence-electron chi connectivity index (χ1n) is 6.38. The van der Waals surface area contributed by atoms with Crippen LogP contribution >= 0.6 is 0 Å². The van der Waals surface area contributed by atoms with Gasteiger partial charge in [-0.2, -0.15) is 13.2 Å². The van der Waals surface area contributed by atoms with Gasteiger partial charge in [0.15, 0.2) is 0 Å². The molecule has 0 fully saturated rings. The highest BCUT2D eigenvalue weighted by Gasteiger charge is 2.28. The first-order valence-corrected chi connectivity index (χ1v) is 6.38. The zero-order valence-electron chi connectivity index (χ0n) is 11.2. The topological polar surface area (TPSA) is 12.0 Å². The molecule has 106 valence electrons. The number of hydrogen-bond donors (Lipinski definition) is 1. The standard InChI is InChI=1S/C14H24F3N/c1-4-7-13(8-5-2,9-6-3)12-18-11-10-14(15,16)17/h4-5,18H,1-2,6-12H2,3H3. The molecule has 0 atom stereocenters. The Kier molecular flexibility index (Phi) is 8.00. The fourth-order valence-corrected chi connectivity index (χ4v) is 2.25. The summed E-state index contributed by atoms with van der Waals surface area (Å²) in [6.45, 7) is 10.1. The molecule has 0 bridgehead atoms. The maximum absolute atomic E-state index is 12.0. The molecule has 0 aromatic rings. The van der Waals surface area contributed by atoms with Crippen LogP contribution in [0.15, 0.2) is 25.3 Å². The van der Waals surface area contributed by atoms with Gasteiger partial charge in [-0.05, 0) is 24.7 Å². The number of alkyl halides is 3. The zero-order valence-corrected chi connectivity index (χ0v) is 11.2. The Hall–Kier alpha value is -0.770. The predicted octanol–water partition coefficient (Wildman–Crippen LogP) is 4.47. The summed E-state index contributed by atoms with van der Waals surface area (Å²) in [4.78, 5) is 0. The molecule has 0 saturated carbocycles. The van der Waals surface area contributed by atoms with Crippen LogP contribution in [0.3, 0.4) is 0 Å². The highest BCUT2D eigenvalue weighted by atomic mass is 19.4. The van der Waals surface area contributed by atoms with Crippen molar-refractivity contribution in [1.82, 2.24) is 5.32 Å². The Morgan fingerprint density at radius 1 is 1.06 bits per heavy atom. The molecule has 18 heavy (non-hydrogen) atoms. The molecule has 0 aromatic heterocycles. The molecular formula is C14H24F3N. The molecule has 0 amide bonds. The summed E-state index contributed by atoms with van der Waals surface area (Å²) in [7, 11) is 0. The number of hydrogen-bond acceptors (Lipinski definition) is 1. The summed E-state index contributed by atoms with van der Waals surface area (Å²) in [5.41, 5.74) is -0.0378. The molecule has 0 aliphatic heterocycles. The van der Waals surface area contributed by atoms with E-state index >= 15 is 0 Å². The molecule has 0 unspecified atom stereocenters. The van der Waals surface area contributed by atoms with Gasteiger partial charge in [0.05, 0.1) is 6.42 Å². The van der Waals surface area contributed by atoms with E-state index in [1.165, 1.54) is 0 Å². The minimum atomic E-state index is -4.09. The van der Waals surface area contributed by atoms with Crippen LogP contribution in [-0.2, 0) is 0 Å². The van der Waals surface area contributed by atoms with Crippen LogP contribution in [0.1, 0.15) is 39.0 Å². The van der Waals surface area contributed by atoms with Gasteiger partial charge in [0.1, 0.15) is 0 Å². The second kappa shape index (κ2) is 8.35. The number of halogens is 3. The van der Waals surface area contributed by atoms with E-state index in [9.17, 15) is 13.2 Å². The summed E-state index contributed by atoms with van der Waals surface area (Å²) in [5, 5.41) is 2.92. The Bertz CT molecular complexity index is 236. The van der Waals surface area contributed by atoms with Crippen LogP contribution in [0.2, 0.25) is 0 Å². The highest BCUT2D eigenvalue weighted by molar-refractivity contribution is 4.93. The normalized spacial score (nSPS) is 12.4. The number of allylic oxidation sites excluding steroid dienone is 2. The highest BCUT2D eigenvalue weighted by Crippen LogP contribution is 2.32. The van der Waals surface area contributed by atoms with Gasteiger partial charge in [-0.1, -0.05) is 25.5 Å². The third-order valence-corrected chi connectivity index (χ3v) is 3.02. The lowest BCUT2D eigenvalue weighted by molar-refractivity contribution is -0.133. The van der Waals surface area contributed by atoms with Crippen molar-refractivity contribution in [2.45, 2.75) is 45.2 Å². The van der Waals surface area contributed by atoms with Gasteiger partial charge in [-0.15, -0.1) is 13.2 Å². The summed E-state index contributed by atoms with van der Waals surface area (Å²) >= 11 is 0. The lowest BCUT2D eigenvalue weighted by atomic mass is 9.77. The summed E-state index contributed by atoms with van der Waals surface area (Å²) in [6, 6.07) is 0. The van der Waals surface area contributed by atoms with Crippen LogP contribution < -0.4 is 5.32 Å². The quantitative estimate of drug-likeness (QED) is 0.453. The molecule has 0 spiro atoms. The average Bonchev–Trinajstić information content (AvgIpc) is 2.24. The number of nitrogens with one attached hydrogen (secondary N) is 1. The lowest BCUT2D eigenvalue weighted by Gasteiger charge is -2.32. The monoisotopic (exact) mass is 263 g/mol. The smallest absolute Gasteiger partial charge is 0.316 e. The first-order chi connectivity index (χ1) is 8.39. The maximum atomic E-state index is 12.0. The van der Waals surface area contributed by atoms with Crippen molar-refractivity contribution < 1.29 is 13.2 Å². The van der Waals surface area contributed by atoms with Crippen molar-refractivity contribution in [3.8, 4) is 0 Å². The molecule has 1 nitrogen and oxygen atoms in total. The molecular weight excluding hydrogens is 239 g/mol. The van der Waals surface area contributed by atoms with E-state index in [0.717, 1.165) is 25.7 Å². The molecule has 0 aliphatic carbocycles. The fourth-order valence-electron chi connectivity index (χ4n) is 2.25. The van der Waals surface area contributed by atoms with Crippen molar-refractivity contribution in [2.24, 2.45) is 5.41 Å². The summed E-state index contributed by atoms with van der Waals surface area (Å²) in [5.74, 6) is 0. The molecule has 0 heterocycles. The van der Waals surface area contributed by atoms with Gasteiger partial charge in [0.2, 0.25) is 0 Å². The molecule has 0 radical (unpaired) electrons. The van der Waals surface area contributed by atoms with Crippen molar-refractivity contribution in [3.63, 3.8) is 0 Å². The van der Waals surface area contributed by atoms with Crippen molar-refractivity contribution in [3.05, 3.63) is 25.3 Å². The summed E-state index contributed by atoms with van der Waals surface area (Å²) < 4.78 is 36.1. The zero-order chi connectivity index (χ0) is 14.1. The van der Waals surface area contributed by atoms with Crippen molar-refractivity contribution in [2.75, 3.05) is 13.1 Å². The minimum Gasteiger partial charge on any atom is -0.316 e. The van der Waals surface area contributed by atoms with E-state index in [2.05, 4.69) is 25.4 Å². The lowest BCUT2D eigenvalue weighted by Crippen LogP contribution is -2.35. The molecule has 0 rings (SSSR count). The molecule has 0 aromatic carbocycles. The Balaban J connectivity index is 4.29. The molecule has 1 N–H and O–H groups in total. The Morgan fingerprint density at radius 2 is 1.61 bits per heavy atom. The molecule has 0 aliphatic rings. The average molecular weight is 263 g/mol. The van der Waals surface area contributed by atoms with Crippen LogP contribution in [0.25, 0.3) is 0 Å². The fraction of sp³-hybridized carbons (Fsp3) is 0.714. The predicted molar refractivity (Wildman–Crippen MR) is 70.5 cm³/mol. The maximum Gasteiger partial charge on any atom is 0.390 e. The second-order valence-electron chi connectivity index (χ2n) is 4.78. The number of rotatable bonds is 10. The molecule has 4 heteroatoms. The SMILES string of the molecule is C=CCC(CC=C)(CCC)CNCCC(F)(F)F. The van der Waals surface area contributed by atoms with Gasteiger partial charge in [-0.25, -0.2) is 0 Å². The second-order valence-corrected chi connectivity index (χ2v) is 4.78. The van der Waals surface area contributed by atoms with Gasteiger partial charge in [-0.3, -0.25) is 0 Å². The molecule has 0 saturated heterocycles. The van der Waals surface area contributed by atoms with E-state index in [1.807, 2.05) is 12.2 Å². The van der Waals surface area contributed by atoms with Gasteiger partial charge in [0.25, 0.3) is 0 Å². The third kappa shape index (κ3) is 7.54. The summed E-state index contributed by atoms with van der Waals surface area (Å²) in [6.07, 6.45) is 2.37. The minimum absolute atomic E-state index is 0.0246. The van der Waals surface area contributed by atoms with Gasteiger partial charge in [0, 0.05) is 13.1 Å². The van der Waals surface area contributed by atoms with E-state index < -0.39 is 12.6 Å². The van der Waals surface area contributed by atoms with Gasteiger partial charge >= 0.3 is 6.18 Å². The van der Waals surface area contributed by atoms with E-state index in [-0.39, 0.29) is 12.0 Å². The van der Waals surface area contributed by atoms with Crippen LogP contribution in [0.4, 0.5) is 13.2 Å².